The number of amides is 1. The van der Waals surface area contributed by atoms with Crippen LogP contribution in [0, 0.1) is 11.3 Å². The van der Waals surface area contributed by atoms with Gasteiger partial charge in [-0.25, -0.2) is 0 Å². The molecule has 2 aliphatic heterocycles. The number of morpholine rings is 1. The van der Waals surface area contributed by atoms with Crippen LogP contribution in [0.5, 0.6) is 0 Å². The fraction of sp³-hybridized carbons (Fsp3) is 0.429. The summed E-state index contributed by atoms with van der Waals surface area (Å²) in [5.41, 5.74) is 2.21. The molecule has 3 rings (SSSR count). The molecule has 5 heteroatoms. The summed E-state index contributed by atoms with van der Waals surface area (Å²) in [7, 11) is 0. The smallest absolute Gasteiger partial charge is 0.245 e. The number of nitriles is 1. The van der Waals surface area contributed by atoms with E-state index < -0.39 is 6.10 Å². The van der Waals surface area contributed by atoms with E-state index in [1.165, 1.54) is 5.56 Å². The summed E-state index contributed by atoms with van der Waals surface area (Å²) < 4.78 is 5.26. The summed E-state index contributed by atoms with van der Waals surface area (Å²) in [6.07, 6.45) is 0.213. The van der Waals surface area contributed by atoms with Gasteiger partial charge in [-0.1, -0.05) is 18.2 Å². The van der Waals surface area contributed by atoms with Gasteiger partial charge in [0.2, 0.25) is 5.91 Å². The van der Waals surface area contributed by atoms with Crippen molar-refractivity contribution in [3.63, 3.8) is 0 Å². The van der Waals surface area contributed by atoms with Crippen molar-refractivity contribution in [1.82, 2.24) is 4.90 Å². The van der Waals surface area contributed by atoms with Crippen LogP contribution < -0.4 is 5.32 Å². The Bertz CT molecular complexity index is 513. The van der Waals surface area contributed by atoms with Gasteiger partial charge >= 0.3 is 0 Å². The first-order valence-corrected chi connectivity index (χ1v) is 6.42. The lowest BCUT2D eigenvalue weighted by Gasteiger charge is -2.31. The first-order chi connectivity index (χ1) is 9.28. The quantitative estimate of drug-likeness (QED) is 0.807. The number of nitrogens with one attached hydrogen (secondary N) is 1. The molecule has 1 fully saturated rings. The first kappa shape index (κ1) is 12.0. The van der Waals surface area contributed by atoms with Crippen LogP contribution in [0.2, 0.25) is 0 Å². The van der Waals surface area contributed by atoms with Gasteiger partial charge in [0, 0.05) is 18.7 Å². The summed E-state index contributed by atoms with van der Waals surface area (Å²) in [6, 6.07) is 9.81. The highest BCUT2D eigenvalue weighted by Gasteiger charge is 2.32. The maximum absolute atomic E-state index is 12.4. The predicted molar refractivity (Wildman–Crippen MR) is 69.5 cm³/mol. The maximum atomic E-state index is 12.4. The molecular formula is C14H15N3O2. The first-order valence-electron chi connectivity index (χ1n) is 6.42. The number of anilines is 1. The Labute approximate surface area is 111 Å². The molecule has 0 spiro atoms. The Morgan fingerprint density at radius 3 is 3.11 bits per heavy atom. The van der Waals surface area contributed by atoms with Crippen LogP contribution in [-0.2, 0) is 16.0 Å². The van der Waals surface area contributed by atoms with Crippen molar-refractivity contribution in [2.24, 2.45) is 0 Å². The molecule has 0 aromatic heterocycles. The number of hydrogen-bond acceptors (Lipinski definition) is 4. The second kappa shape index (κ2) is 4.90. The van der Waals surface area contributed by atoms with Crippen LogP contribution >= 0.6 is 0 Å². The Balaban J connectivity index is 1.68. The van der Waals surface area contributed by atoms with Gasteiger partial charge in [0.25, 0.3) is 0 Å². The summed E-state index contributed by atoms with van der Waals surface area (Å²) in [4.78, 5) is 14.2. The number of carbonyl (C=O) groups is 1. The molecule has 1 N–H and O–H groups in total. The standard InChI is InChI=1S/C14H15N3O2/c15-8-11-9-17(5-6-19-11)14(18)13-7-10-3-1-2-4-12(10)16-13/h1-4,11,13,16H,5-7,9H2/t11?,13-/m0/s1. The number of carbonyl (C=O) groups excluding carboxylic acids is 1. The van der Waals surface area contributed by atoms with Gasteiger partial charge in [0.1, 0.15) is 6.04 Å². The Kier molecular flexibility index (Phi) is 3.10. The minimum Gasteiger partial charge on any atom is -0.373 e. The number of hydrogen-bond donors (Lipinski definition) is 1. The lowest BCUT2D eigenvalue weighted by Crippen LogP contribution is -2.50. The van der Waals surface area contributed by atoms with E-state index in [0.717, 1.165) is 5.69 Å². The third-order valence-electron chi connectivity index (χ3n) is 3.59. The van der Waals surface area contributed by atoms with Crippen molar-refractivity contribution in [2.45, 2.75) is 18.6 Å². The van der Waals surface area contributed by atoms with Gasteiger partial charge < -0.3 is 15.0 Å². The van der Waals surface area contributed by atoms with Gasteiger partial charge in [0.05, 0.1) is 19.2 Å². The van der Waals surface area contributed by atoms with Gasteiger partial charge in [-0.2, -0.15) is 5.26 Å². The van der Waals surface area contributed by atoms with E-state index >= 15 is 0 Å². The molecule has 98 valence electrons. The lowest BCUT2D eigenvalue weighted by molar-refractivity contribution is -0.137. The fourth-order valence-corrected chi connectivity index (χ4v) is 2.59. The SMILES string of the molecule is N#CC1CN(C(=O)[C@@H]2Cc3ccccc3N2)CCO1. The molecule has 1 saturated heterocycles. The number of rotatable bonds is 1. The van der Waals surface area contributed by atoms with E-state index in [9.17, 15) is 4.79 Å². The van der Waals surface area contributed by atoms with E-state index in [1.807, 2.05) is 24.3 Å². The van der Waals surface area contributed by atoms with E-state index in [4.69, 9.17) is 10.00 Å². The molecule has 1 aromatic rings. The topological polar surface area (TPSA) is 65.4 Å². The van der Waals surface area contributed by atoms with Crippen LogP contribution in [0.25, 0.3) is 0 Å². The molecule has 1 amide bonds. The minimum absolute atomic E-state index is 0.0553. The van der Waals surface area contributed by atoms with Gasteiger partial charge in [-0.3, -0.25) is 4.79 Å². The van der Waals surface area contributed by atoms with Crippen molar-refractivity contribution < 1.29 is 9.53 Å². The molecule has 0 bridgehead atoms. The van der Waals surface area contributed by atoms with Crippen molar-refractivity contribution in [3.8, 4) is 6.07 Å². The van der Waals surface area contributed by atoms with Crippen LogP contribution in [-0.4, -0.2) is 42.6 Å². The van der Waals surface area contributed by atoms with Crippen LogP contribution in [0.3, 0.4) is 0 Å². The summed E-state index contributed by atoms with van der Waals surface area (Å²) >= 11 is 0. The lowest BCUT2D eigenvalue weighted by atomic mass is 10.1. The van der Waals surface area contributed by atoms with Gasteiger partial charge in [-0.05, 0) is 11.6 Å². The predicted octanol–water partition coefficient (Wildman–Crippen LogP) is 0.774. The Hall–Kier alpha value is -2.06. The third kappa shape index (κ3) is 2.27. The second-order valence-electron chi connectivity index (χ2n) is 4.83. The molecule has 19 heavy (non-hydrogen) atoms. The van der Waals surface area contributed by atoms with Gasteiger partial charge in [-0.15, -0.1) is 0 Å². The summed E-state index contributed by atoms with van der Waals surface area (Å²) in [5.74, 6) is 0.0553. The van der Waals surface area contributed by atoms with E-state index in [-0.39, 0.29) is 11.9 Å². The fourth-order valence-electron chi connectivity index (χ4n) is 2.59. The molecule has 0 aliphatic carbocycles. The molecule has 2 atom stereocenters. The number of nitrogens with zero attached hydrogens (tertiary/aromatic N) is 2. The highest BCUT2D eigenvalue weighted by molar-refractivity contribution is 5.87. The second-order valence-corrected chi connectivity index (χ2v) is 4.83. The van der Waals surface area contributed by atoms with E-state index in [2.05, 4.69) is 11.4 Å². The van der Waals surface area contributed by atoms with Gasteiger partial charge in [0.15, 0.2) is 6.10 Å². The van der Waals surface area contributed by atoms with Crippen LogP contribution in [0.4, 0.5) is 5.69 Å². The summed E-state index contributed by atoms with van der Waals surface area (Å²) in [5, 5.41) is 12.1. The van der Waals surface area contributed by atoms with E-state index in [1.54, 1.807) is 4.90 Å². The number of fused-ring (bicyclic) bond motifs is 1. The normalized spacial score (nSPS) is 25.3. The van der Waals surface area contributed by atoms with Crippen molar-refractivity contribution >= 4 is 11.6 Å². The zero-order valence-corrected chi connectivity index (χ0v) is 10.5. The average Bonchev–Trinajstić information content (AvgIpc) is 2.90. The van der Waals surface area contributed by atoms with Crippen molar-refractivity contribution in [3.05, 3.63) is 29.8 Å². The number of benzene rings is 1. The van der Waals surface area contributed by atoms with Crippen LogP contribution in [0.15, 0.2) is 24.3 Å². The van der Waals surface area contributed by atoms with Crippen LogP contribution in [0.1, 0.15) is 5.56 Å². The molecule has 1 aromatic carbocycles. The molecule has 5 nitrogen and oxygen atoms in total. The Morgan fingerprint density at radius 2 is 2.32 bits per heavy atom. The summed E-state index contributed by atoms with van der Waals surface area (Å²) in [6.45, 7) is 1.36. The zero-order chi connectivity index (χ0) is 13.2. The highest BCUT2D eigenvalue weighted by atomic mass is 16.5. The number of para-hydroxylation sites is 1. The largest absolute Gasteiger partial charge is 0.373 e. The molecule has 1 unspecified atom stereocenters. The monoisotopic (exact) mass is 257 g/mol. The van der Waals surface area contributed by atoms with Crippen molar-refractivity contribution in [2.75, 3.05) is 25.0 Å². The average molecular weight is 257 g/mol. The molecule has 2 aliphatic rings. The Morgan fingerprint density at radius 1 is 1.47 bits per heavy atom. The molecule has 0 radical (unpaired) electrons. The van der Waals surface area contributed by atoms with E-state index in [0.29, 0.717) is 26.1 Å². The maximum Gasteiger partial charge on any atom is 0.245 e. The molecule has 2 heterocycles. The zero-order valence-electron chi connectivity index (χ0n) is 10.5. The third-order valence-corrected chi connectivity index (χ3v) is 3.59. The highest BCUT2D eigenvalue weighted by Crippen LogP contribution is 2.26. The molecule has 0 saturated carbocycles. The minimum atomic E-state index is -0.499. The van der Waals surface area contributed by atoms with Crippen molar-refractivity contribution in [1.29, 1.82) is 5.26 Å². The molecular weight excluding hydrogens is 242 g/mol. The number of ether oxygens (including phenoxy) is 1.